The standard InChI is InChI=1S/C19H26N4O3S/c1-4-12-26-15-8-6-14(7-9-15)16(22(5-2)10-11-24)17-18(25)23-19(27-17)20-13(3)21-23/h6-9,16,24-25H,4-5,10-12H2,1-3H3. The number of aliphatic hydroxyl groups excluding tert-OH is 1. The van der Waals surface area contributed by atoms with Gasteiger partial charge in [0.25, 0.3) is 0 Å². The largest absolute Gasteiger partial charge is 0.494 e. The molecule has 27 heavy (non-hydrogen) atoms. The summed E-state index contributed by atoms with van der Waals surface area (Å²) in [6, 6.07) is 7.72. The lowest BCUT2D eigenvalue weighted by molar-refractivity contribution is 0.174. The fraction of sp³-hybridized carbons (Fsp3) is 0.474. The molecule has 8 heteroatoms. The van der Waals surface area contributed by atoms with Gasteiger partial charge in [-0.3, -0.25) is 4.90 Å². The van der Waals surface area contributed by atoms with Crippen LogP contribution in [0.15, 0.2) is 24.3 Å². The van der Waals surface area contributed by atoms with E-state index in [0.29, 0.717) is 23.9 Å². The first-order valence-electron chi connectivity index (χ1n) is 9.21. The van der Waals surface area contributed by atoms with E-state index in [0.717, 1.165) is 29.2 Å². The van der Waals surface area contributed by atoms with E-state index in [1.807, 2.05) is 31.2 Å². The summed E-state index contributed by atoms with van der Waals surface area (Å²) < 4.78 is 7.16. The molecule has 0 saturated heterocycles. The highest BCUT2D eigenvalue weighted by atomic mass is 32.1. The van der Waals surface area contributed by atoms with E-state index in [2.05, 4.69) is 21.9 Å². The zero-order chi connectivity index (χ0) is 19.4. The number of rotatable bonds is 9. The number of nitrogens with zero attached hydrogens (tertiary/aromatic N) is 4. The molecule has 3 rings (SSSR count). The number of aromatic nitrogens is 3. The van der Waals surface area contributed by atoms with Crippen LogP contribution in [0.1, 0.15) is 42.6 Å². The molecule has 7 nitrogen and oxygen atoms in total. The van der Waals surface area contributed by atoms with Crippen LogP contribution in [-0.2, 0) is 0 Å². The Morgan fingerprint density at radius 1 is 1.26 bits per heavy atom. The molecule has 0 fully saturated rings. The van der Waals surface area contributed by atoms with Crippen LogP contribution >= 0.6 is 11.3 Å². The van der Waals surface area contributed by atoms with Gasteiger partial charge in [-0.25, -0.2) is 4.98 Å². The van der Waals surface area contributed by atoms with Gasteiger partial charge in [0.15, 0.2) is 0 Å². The van der Waals surface area contributed by atoms with Gasteiger partial charge in [-0.1, -0.05) is 37.3 Å². The summed E-state index contributed by atoms with van der Waals surface area (Å²) >= 11 is 1.42. The molecule has 146 valence electrons. The second-order valence-electron chi connectivity index (χ2n) is 6.32. The van der Waals surface area contributed by atoms with E-state index in [1.165, 1.54) is 15.9 Å². The Kier molecular flexibility index (Phi) is 6.30. The van der Waals surface area contributed by atoms with Crippen molar-refractivity contribution in [2.45, 2.75) is 33.2 Å². The smallest absolute Gasteiger partial charge is 0.230 e. The van der Waals surface area contributed by atoms with Gasteiger partial charge in [-0.2, -0.15) is 4.52 Å². The van der Waals surface area contributed by atoms with Crippen molar-refractivity contribution < 1.29 is 14.9 Å². The van der Waals surface area contributed by atoms with Crippen molar-refractivity contribution in [2.24, 2.45) is 0 Å². The van der Waals surface area contributed by atoms with Crippen molar-refractivity contribution in [2.75, 3.05) is 26.3 Å². The maximum Gasteiger partial charge on any atom is 0.230 e. The van der Waals surface area contributed by atoms with E-state index in [-0.39, 0.29) is 18.5 Å². The van der Waals surface area contributed by atoms with Gasteiger partial charge in [-0.15, -0.1) is 5.10 Å². The molecule has 0 aliphatic heterocycles. The predicted octanol–water partition coefficient (Wildman–Crippen LogP) is 3.00. The first kappa shape index (κ1) is 19.6. The third kappa shape index (κ3) is 4.07. The average molecular weight is 391 g/mol. The van der Waals surface area contributed by atoms with Crippen LogP contribution in [0.4, 0.5) is 0 Å². The van der Waals surface area contributed by atoms with E-state index in [4.69, 9.17) is 4.74 Å². The summed E-state index contributed by atoms with van der Waals surface area (Å²) in [5, 5.41) is 24.5. The van der Waals surface area contributed by atoms with Crippen molar-refractivity contribution in [1.29, 1.82) is 0 Å². The number of aromatic hydroxyl groups is 1. The fourth-order valence-corrected chi connectivity index (χ4v) is 4.28. The summed E-state index contributed by atoms with van der Waals surface area (Å²) in [5.74, 6) is 1.55. The Bertz CT molecular complexity index is 875. The van der Waals surface area contributed by atoms with Crippen LogP contribution < -0.4 is 4.74 Å². The monoisotopic (exact) mass is 390 g/mol. The number of aryl methyl sites for hydroxylation is 1. The summed E-state index contributed by atoms with van der Waals surface area (Å²) in [6.45, 7) is 7.87. The van der Waals surface area contributed by atoms with Crippen molar-refractivity contribution in [3.63, 3.8) is 0 Å². The maximum atomic E-state index is 10.8. The number of aliphatic hydroxyl groups is 1. The van der Waals surface area contributed by atoms with E-state index >= 15 is 0 Å². The molecule has 2 aromatic heterocycles. The summed E-state index contributed by atoms with van der Waals surface area (Å²) in [4.78, 5) is 7.92. The van der Waals surface area contributed by atoms with Gasteiger partial charge >= 0.3 is 0 Å². The number of benzene rings is 1. The summed E-state index contributed by atoms with van der Waals surface area (Å²) in [6.07, 6.45) is 0.958. The third-order valence-corrected chi connectivity index (χ3v) is 5.45. The van der Waals surface area contributed by atoms with Gasteiger partial charge in [-0.05, 0) is 37.6 Å². The predicted molar refractivity (Wildman–Crippen MR) is 106 cm³/mol. The van der Waals surface area contributed by atoms with Crippen molar-refractivity contribution in [1.82, 2.24) is 19.5 Å². The molecule has 2 N–H and O–H groups in total. The molecule has 0 aliphatic rings. The minimum Gasteiger partial charge on any atom is -0.494 e. The second-order valence-corrected chi connectivity index (χ2v) is 7.32. The number of thiazole rings is 1. The number of likely N-dealkylation sites (N-methyl/N-ethyl adjacent to an activating group) is 1. The van der Waals surface area contributed by atoms with Crippen LogP contribution in [0.3, 0.4) is 0 Å². The first-order valence-corrected chi connectivity index (χ1v) is 10.0. The van der Waals surface area contributed by atoms with Crippen LogP contribution in [0.5, 0.6) is 11.6 Å². The van der Waals surface area contributed by atoms with Gasteiger partial charge in [0, 0.05) is 6.54 Å². The molecule has 0 saturated carbocycles. The van der Waals surface area contributed by atoms with Crippen molar-refractivity contribution >= 4 is 16.3 Å². The van der Waals surface area contributed by atoms with Crippen LogP contribution in [0, 0.1) is 6.92 Å². The summed E-state index contributed by atoms with van der Waals surface area (Å²) in [7, 11) is 0. The van der Waals surface area contributed by atoms with Crippen LogP contribution in [0.25, 0.3) is 4.96 Å². The van der Waals surface area contributed by atoms with E-state index in [9.17, 15) is 10.2 Å². The number of hydrogen-bond acceptors (Lipinski definition) is 7. The Labute approximate surface area is 162 Å². The highest BCUT2D eigenvalue weighted by molar-refractivity contribution is 7.17. The molecular weight excluding hydrogens is 364 g/mol. The summed E-state index contributed by atoms with van der Waals surface area (Å²) in [5.41, 5.74) is 1.02. The van der Waals surface area contributed by atoms with Gasteiger partial charge in [0.05, 0.1) is 24.1 Å². The zero-order valence-corrected chi connectivity index (χ0v) is 16.7. The number of fused-ring (bicyclic) bond motifs is 1. The topological polar surface area (TPSA) is 83.1 Å². The SMILES string of the molecule is CCCOc1ccc(C(c2sc3nc(C)nn3c2O)N(CC)CCO)cc1. The van der Waals surface area contributed by atoms with E-state index in [1.54, 1.807) is 6.92 Å². The Morgan fingerprint density at radius 2 is 2.00 bits per heavy atom. The zero-order valence-electron chi connectivity index (χ0n) is 15.9. The Balaban J connectivity index is 2.02. The lowest BCUT2D eigenvalue weighted by Crippen LogP contribution is -2.31. The number of ether oxygens (including phenoxy) is 1. The number of hydrogen-bond donors (Lipinski definition) is 2. The first-order chi connectivity index (χ1) is 13.1. The minimum absolute atomic E-state index is 0.0443. The van der Waals surface area contributed by atoms with Crippen molar-refractivity contribution in [3.8, 4) is 11.6 Å². The molecule has 2 heterocycles. The maximum absolute atomic E-state index is 10.8. The lowest BCUT2D eigenvalue weighted by Gasteiger charge is -2.29. The molecule has 1 aromatic carbocycles. The molecule has 0 amide bonds. The van der Waals surface area contributed by atoms with Crippen LogP contribution in [0.2, 0.25) is 0 Å². The molecular formula is C19H26N4O3S. The van der Waals surface area contributed by atoms with Gasteiger partial charge in [0.2, 0.25) is 10.8 Å². The van der Waals surface area contributed by atoms with Crippen LogP contribution in [-0.4, -0.2) is 56.0 Å². The highest BCUT2D eigenvalue weighted by Gasteiger charge is 2.28. The van der Waals surface area contributed by atoms with Gasteiger partial charge in [0.1, 0.15) is 11.6 Å². The third-order valence-electron chi connectivity index (χ3n) is 4.38. The molecule has 0 spiro atoms. The van der Waals surface area contributed by atoms with Gasteiger partial charge < -0.3 is 14.9 Å². The minimum atomic E-state index is -0.198. The normalized spacial score (nSPS) is 12.8. The fourth-order valence-electron chi connectivity index (χ4n) is 3.12. The van der Waals surface area contributed by atoms with E-state index < -0.39 is 0 Å². The lowest BCUT2D eigenvalue weighted by atomic mass is 10.0. The molecule has 1 atom stereocenters. The Hall–Kier alpha value is -2.16. The molecule has 0 radical (unpaired) electrons. The second kappa shape index (κ2) is 8.69. The Morgan fingerprint density at radius 3 is 2.59 bits per heavy atom. The quantitative estimate of drug-likeness (QED) is 0.584. The molecule has 0 aliphatic carbocycles. The van der Waals surface area contributed by atoms with Crippen molar-refractivity contribution in [3.05, 3.63) is 40.5 Å². The highest BCUT2D eigenvalue weighted by Crippen LogP contribution is 2.40. The molecule has 3 aromatic rings. The molecule has 0 bridgehead atoms. The average Bonchev–Trinajstić information content (AvgIpc) is 3.18. The molecule has 1 unspecified atom stereocenters.